The summed E-state index contributed by atoms with van der Waals surface area (Å²) in [4.78, 5) is 25.5. The fraction of sp³-hybridized carbons (Fsp3) is 0.200. The van der Waals surface area contributed by atoms with Gasteiger partial charge in [-0.05, 0) is 38.1 Å². The van der Waals surface area contributed by atoms with E-state index in [1.807, 2.05) is 0 Å². The van der Waals surface area contributed by atoms with Crippen molar-refractivity contribution in [1.29, 1.82) is 0 Å². The fourth-order valence-corrected chi connectivity index (χ4v) is 2.07. The third kappa shape index (κ3) is 2.42. The summed E-state index contributed by atoms with van der Waals surface area (Å²) in [5.74, 6) is -0.264. The Morgan fingerprint density at radius 1 is 1.15 bits per heavy atom. The van der Waals surface area contributed by atoms with E-state index in [9.17, 15) is 9.59 Å². The number of carbonyl (C=O) groups excluding carboxylic acids is 2. The van der Waals surface area contributed by atoms with E-state index in [1.54, 1.807) is 38.1 Å². The van der Waals surface area contributed by atoms with Crippen LogP contribution in [0.15, 0.2) is 34.9 Å². The minimum Gasteiger partial charge on any atom is -0.469 e. The van der Waals surface area contributed by atoms with Crippen molar-refractivity contribution in [2.24, 2.45) is 0 Å². The molecule has 104 valence electrons. The molecule has 0 unspecified atom stereocenters. The van der Waals surface area contributed by atoms with Gasteiger partial charge in [-0.2, -0.15) is 0 Å². The lowest BCUT2D eigenvalue weighted by Gasteiger charge is -2.19. The standard InChI is InChI=1S/C15H16N2O3/c1-9-8-20-10(2)14(9)15(19)17(11(3)18)13-6-4-12(16)5-7-13/h4-8H,16H2,1-3H3. The third-order valence-electron chi connectivity index (χ3n) is 3.04. The van der Waals surface area contributed by atoms with E-state index in [2.05, 4.69) is 0 Å². The molecule has 0 saturated heterocycles. The van der Waals surface area contributed by atoms with Gasteiger partial charge in [-0.15, -0.1) is 0 Å². The van der Waals surface area contributed by atoms with Gasteiger partial charge >= 0.3 is 0 Å². The van der Waals surface area contributed by atoms with Crippen LogP contribution in [-0.4, -0.2) is 11.8 Å². The molecule has 5 nitrogen and oxygen atoms in total. The monoisotopic (exact) mass is 272 g/mol. The molecule has 2 aromatic rings. The van der Waals surface area contributed by atoms with Crippen LogP contribution in [0.5, 0.6) is 0 Å². The van der Waals surface area contributed by atoms with Gasteiger partial charge in [0, 0.05) is 18.2 Å². The number of hydrogen-bond donors (Lipinski definition) is 1. The number of benzene rings is 1. The molecule has 2 rings (SSSR count). The maximum atomic E-state index is 12.6. The van der Waals surface area contributed by atoms with Gasteiger partial charge in [-0.1, -0.05) is 0 Å². The van der Waals surface area contributed by atoms with Crippen LogP contribution in [0.25, 0.3) is 0 Å². The van der Waals surface area contributed by atoms with Crippen LogP contribution in [0.1, 0.15) is 28.6 Å². The predicted octanol–water partition coefficient (Wildman–Crippen LogP) is 2.67. The van der Waals surface area contributed by atoms with Crippen LogP contribution >= 0.6 is 0 Å². The molecule has 2 N–H and O–H groups in total. The Morgan fingerprint density at radius 2 is 1.75 bits per heavy atom. The first-order valence-corrected chi connectivity index (χ1v) is 6.17. The number of nitrogen functional groups attached to an aromatic ring is 1. The normalized spacial score (nSPS) is 10.3. The average molecular weight is 272 g/mol. The molecule has 1 aromatic heterocycles. The number of amides is 2. The second-order valence-corrected chi connectivity index (χ2v) is 4.60. The predicted molar refractivity (Wildman–Crippen MR) is 76.5 cm³/mol. The zero-order valence-corrected chi connectivity index (χ0v) is 11.6. The Balaban J connectivity index is 2.47. The number of nitrogens with zero attached hydrogens (tertiary/aromatic N) is 1. The van der Waals surface area contributed by atoms with Crippen molar-refractivity contribution in [3.63, 3.8) is 0 Å². The number of nitrogens with two attached hydrogens (primary N) is 1. The SMILES string of the molecule is CC(=O)N(C(=O)c1c(C)coc1C)c1ccc(N)cc1. The molecular formula is C15H16N2O3. The molecule has 0 aliphatic rings. The maximum absolute atomic E-state index is 12.6. The minimum absolute atomic E-state index is 0.361. The molecule has 0 atom stereocenters. The largest absolute Gasteiger partial charge is 0.469 e. The number of hydrogen-bond acceptors (Lipinski definition) is 4. The molecule has 1 aromatic carbocycles. The molecule has 0 aliphatic heterocycles. The smallest absolute Gasteiger partial charge is 0.268 e. The van der Waals surface area contributed by atoms with Crippen LogP contribution in [0.4, 0.5) is 11.4 Å². The van der Waals surface area contributed by atoms with Crippen LogP contribution in [-0.2, 0) is 4.79 Å². The van der Waals surface area contributed by atoms with Crippen LogP contribution in [0.3, 0.4) is 0 Å². The summed E-state index contributed by atoms with van der Waals surface area (Å²) in [7, 11) is 0. The lowest BCUT2D eigenvalue weighted by Crippen LogP contribution is -2.35. The fourth-order valence-electron chi connectivity index (χ4n) is 2.07. The van der Waals surface area contributed by atoms with Crippen molar-refractivity contribution < 1.29 is 14.0 Å². The van der Waals surface area contributed by atoms with Gasteiger partial charge in [0.25, 0.3) is 5.91 Å². The summed E-state index contributed by atoms with van der Waals surface area (Å²) < 4.78 is 5.22. The zero-order chi connectivity index (χ0) is 14.9. The second kappa shape index (κ2) is 5.21. The van der Waals surface area contributed by atoms with Crippen molar-refractivity contribution >= 4 is 23.2 Å². The summed E-state index contributed by atoms with van der Waals surface area (Å²) in [6.07, 6.45) is 1.50. The van der Waals surface area contributed by atoms with Gasteiger partial charge in [0.2, 0.25) is 5.91 Å². The molecule has 5 heteroatoms. The first kappa shape index (κ1) is 13.9. The summed E-state index contributed by atoms with van der Waals surface area (Å²) in [6, 6.07) is 6.57. The topological polar surface area (TPSA) is 76.5 Å². The van der Waals surface area contributed by atoms with Crippen molar-refractivity contribution in [3.8, 4) is 0 Å². The summed E-state index contributed by atoms with van der Waals surface area (Å²) in [6.45, 7) is 4.81. The van der Waals surface area contributed by atoms with Gasteiger partial charge in [-0.3, -0.25) is 9.59 Å². The number of carbonyl (C=O) groups is 2. The third-order valence-corrected chi connectivity index (χ3v) is 3.04. The average Bonchev–Trinajstić information content (AvgIpc) is 2.71. The highest BCUT2D eigenvalue weighted by Crippen LogP contribution is 2.23. The van der Waals surface area contributed by atoms with E-state index in [0.29, 0.717) is 28.3 Å². The van der Waals surface area contributed by atoms with E-state index in [0.717, 1.165) is 4.90 Å². The molecule has 2 amide bonds. The Bertz CT molecular complexity index is 637. The molecule has 0 saturated carbocycles. The molecule has 0 aliphatic carbocycles. The van der Waals surface area contributed by atoms with Crippen molar-refractivity contribution in [3.05, 3.63) is 47.4 Å². The molecule has 1 heterocycles. The quantitative estimate of drug-likeness (QED) is 0.853. The number of imide groups is 1. The first-order valence-electron chi connectivity index (χ1n) is 6.17. The molecule has 0 bridgehead atoms. The van der Waals surface area contributed by atoms with E-state index in [-0.39, 0.29) is 5.91 Å². The number of rotatable bonds is 2. The van der Waals surface area contributed by atoms with Gasteiger partial charge in [0.05, 0.1) is 17.5 Å². The van der Waals surface area contributed by atoms with E-state index >= 15 is 0 Å². The zero-order valence-electron chi connectivity index (χ0n) is 11.6. The molecular weight excluding hydrogens is 256 g/mol. The molecule has 20 heavy (non-hydrogen) atoms. The Labute approximate surface area is 117 Å². The highest BCUT2D eigenvalue weighted by molar-refractivity contribution is 6.21. The van der Waals surface area contributed by atoms with Crippen LogP contribution < -0.4 is 10.6 Å². The van der Waals surface area contributed by atoms with E-state index < -0.39 is 5.91 Å². The van der Waals surface area contributed by atoms with Gasteiger partial charge < -0.3 is 10.2 Å². The van der Waals surface area contributed by atoms with E-state index in [1.165, 1.54) is 13.2 Å². The molecule has 0 radical (unpaired) electrons. The Morgan fingerprint density at radius 3 is 2.20 bits per heavy atom. The number of furan rings is 1. The van der Waals surface area contributed by atoms with Gasteiger partial charge in [-0.25, -0.2) is 4.90 Å². The highest BCUT2D eigenvalue weighted by Gasteiger charge is 2.26. The van der Waals surface area contributed by atoms with Gasteiger partial charge in [0.1, 0.15) is 5.76 Å². The Kier molecular flexibility index (Phi) is 3.61. The number of aryl methyl sites for hydroxylation is 2. The second-order valence-electron chi connectivity index (χ2n) is 4.60. The van der Waals surface area contributed by atoms with Crippen molar-refractivity contribution in [1.82, 2.24) is 0 Å². The van der Waals surface area contributed by atoms with E-state index in [4.69, 9.17) is 10.2 Å². The lowest BCUT2D eigenvalue weighted by atomic mass is 10.1. The van der Waals surface area contributed by atoms with Crippen LogP contribution in [0.2, 0.25) is 0 Å². The summed E-state index contributed by atoms with van der Waals surface area (Å²) in [5, 5.41) is 0. The first-order chi connectivity index (χ1) is 9.41. The van der Waals surface area contributed by atoms with Crippen molar-refractivity contribution in [2.45, 2.75) is 20.8 Å². The molecule has 0 spiro atoms. The Hall–Kier alpha value is -2.56. The minimum atomic E-state index is -0.397. The summed E-state index contributed by atoms with van der Waals surface area (Å²) in [5.41, 5.74) is 7.79. The lowest BCUT2D eigenvalue weighted by molar-refractivity contribution is -0.115. The number of anilines is 2. The summed E-state index contributed by atoms with van der Waals surface area (Å²) >= 11 is 0. The molecule has 0 fully saturated rings. The van der Waals surface area contributed by atoms with Crippen LogP contribution in [0, 0.1) is 13.8 Å². The van der Waals surface area contributed by atoms with Crippen molar-refractivity contribution in [2.75, 3.05) is 10.6 Å². The van der Waals surface area contributed by atoms with Gasteiger partial charge in [0.15, 0.2) is 0 Å². The maximum Gasteiger partial charge on any atom is 0.268 e. The highest BCUT2D eigenvalue weighted by atomic mass is 16.3.